The van der Waals surface area contributed by atoms with Gasteiger partial charge in [-0.2, -0.15) is 0 Å². The maximum absolute atomic E-state index is 12.2. The lowest BCUT2D eigenvalue weighted by atomic mass is 9.88. The molecule has 0 spiro atoms. The van der Waals surface area contributed by atoms with Gasteiger partial charge in [0.15, 0.2) is 4.96 Å². The Bertz CT molecular complexity index is 725. The summed E-state index contributed by atoms with van der Waals surface area (Å²) in [7, 11) is 4.32. The van der Waals surface area contributed by atoms with Gasteiger partial charge in [0.05, 0.1) is 5.69 Å². The number of hydrogen-bond acceptors (Lipinski definition) is 5. The van der Waals surface area contributed by atoms with Gasteiger partial charge in [-0.05, 0) is 40.8 Å². The van der Waals surface area contributed by atoms with Crippen LogP contribution in [0.2, 0.25) is 0 Å². The number of nitrogens with zero attached hydrogens (tertiary/aromatic N) is 4. The van der Waals surface area contributed by atoms with Crippen molar-refractivity contribution in [3.63, 3.8) is 0 Å². The molecule has 1 aliphatic heterocycles. The summed E-state index contributed by atoms with van der Waals surface area (Å²) >= 11 is 1.53. The van der Waals surface area contributed by atoms with Gasteiger partial charge in [0.2, 0.25) is 0 Å². The zero-order valence-electron chi connectivity index (χ0n) is 13.8. The molecule has 1 fully saturated rings. The Morgan fingerprint density at radius 1 is 1.36 bits per heavy atom. The lowest BCUT2D eigenvalue weighted by Gasteiger charge is -2.43. The van der Waals surface area contributed by atoms with Crippen LogP contribution in [0, 0.1) is 6.92 Å². The van der Waals surface area contributed by atoms with E-state index in [2.05, 4.69) is 35.8 Å². The van der Waals surface area contributed by atoms with E-state index in [0.29, 0.717) is 0 Å². The standard InChI is InChI=1S/C16H24N4OS/c1-12-11-22-15-17-13(9-14(21)20(12)15)10-19-7-5-16(2,6-8-19)18(3)4/h9,11H,5-8,10H2,1-4H3. The van der Waals surface area contributed by atoms with E-state index in [1.165, 1.54) is 11.3 Å². The molecule has 120 valence electrons. The Balaban J connectivity index is 1.74. The number of likely N-dealkylation sites (tertiary alicyclic amines) is 1. The highest BCUT2D eigenvalue weighted by Crippen LogP contribution is 2.26. The minimum atomic E-state index is 0.0360. The Morgan fingerprint density at radius 3 is 2.68 bits per heavy atom. The summed E-state index contributed by atoms with van der Waals surface area (Å²) in [5.41, 5.74) is 2.18. The first-order chi connectivity index (χ1) is 10.4. The third-order valence-electron chi connectivity index (χ3n) is 5.03. The largest absolute Gasteiger partial charge is 0.304 e. The first-order valence-electron chi connectivity index (χ1n) is 7.76. The van der Waals surface area contributed by atoms with E-state index < -0.39 is 0 Å². The molecule has 1 saturated heterocycles. The SMILES string of the molecule is Cc1csc2nc(CN3CCC(C)(N(C)C)CC3)cc(=O)n12. The van der Waals surface area contributed by atoms with Crippen LogP contribution in [-0.2, 0) is 6.54 Å². The molecule has 5 nitrogen and oxygen atoms in total. The molecule has 0 amide bonds. The summed E-state index contributed by atoms with van der Waals surface area (Å²) in [4.78, 5) is 22.4. The van der Waals surface area contributed by atoms with Gasteiger partial charge in [-0.15, -0.1) is 11.3 Å². The number of hydrogen-bond donors (Lipinski definition) is 0. The smallest absolute Gasteiger partial charge is 0.259 e. The molecule has 0 atom stereocenters. The van der Waals surface area contributed by atoms with Crippen LogP contribution in [0.15, 0.2) is 16.2 Å². The predicted octanol–water partition coefficient (Wildman–Crippen LogP) is 1.98. The van der Waals surface area contributed by atoms with Crippen molar-refractivity contribution in [3.05, 3.63) is 33.2 Å². The van der Waals surface area contributed by atoms with Crippen molar-refractivity contribution in [3.8, 4) is 0 Å². The second-order valence-electron chi connectivity index (χ2n) is 6.75. The van der Waals surface area contributed by atoms with Crippen molar-refractivity contribution in [1.29, 1.82) is 0 Å². The van der Waals surface area contributed by atoms with Crippen molar-refractivity contribution < 1.29 is 0 Å². The Morgan fingerprint density at radius 2 is 2.05 bits per heavy atom. The monoisotopic (exact) mass is 320 g/mol. The molecule has 0 saturated carbocycles. The van der Waals surface area contributed by atoms with E-state index in [4.69, 9.17) is 0 Å². The highest BCUT2D eigenvalue weighted by atomic mass is 32.1. The van der Waals surface area contributed by atoms with Crippen molar-refractivity contribution in [2.45, 2.75) is 38.8 Å². The third kappa shape index (κ3) is 2.83. The molecule has 22 heavy (non-hydrogen) atoms. The summed E-state index contributed by atoms with van der Waals surface area (Å²) in [5, 5.41) is 1.98. The van der Waals surface area contributed by atoms with Crippen LogP contribution in [0.25, 0.3) is 4.96 Å². The van der Waals surface area contributed by atoms with E-state index >= 15 is 0 Å². The summed E-state index contributed by atoms with van der Waals surface area (Å²) < 4.78 is 1.69. The zero-order chi connectivity index (χ0) is 15.9. The van der Waals surface area contributed by atoms with Gasteiger partial charge >= 0.3 is 0 Å². The molecule has 3 rings (SSSR count). The lowest BCUT2D eigenvalue weighted by Crippen LogP contribution is -2.50. The van der Waals surface area contributed by atoms with Crippen molar-refractivity contribution in [2.75, 3.05) is 27.2 Å². The number of fused-ring (bicyclic) bond motifs is 1. The molecule has 3 heterocycles. The minimum Gasteiger partial charge on any atom is -0.304 e. The van der Waals surface area contributed by atoms with Gasteiger partial charge in [0.1, 0.15) is 0 Å². The number of rotatable bonds is 3. The molecule has 0 bridgehead atoms. The lowest BCUT2D eigenvalue weighted by molar-refractivity contribution is 0.0671. The van der Waals surface area contributed by atoms with Crippen LogP contribution in [0.3, 0.4) is 0 Å². The van der Waals surface area contributed by atoms with Gasteiger partial charge < -0.3 is 4.90 Å². The predicted molar refractivity (Wildman–Crippen MR) is 90.7 cm³/mol. The number of aryl methyl sites for hydroxylation is 1. The van der Waals surface area contributed by atoms with Crippen molar-refractivity contribution in [2.24, 2.45) is 0 Å². The molecule has 1 aliphatic rings. The maximum atomic E-state index is 12.2. The van der Waals surface area contributed by atoms with Gasteiger partial charge in [-0.3, -0.25) is 14.1 Å². The second-order valence-corrected chi connectivity index (χ2v) is 7.58. The fourth-order valence-corrected chi connectivity index (χ4v) is 3.94. The Labute approximate surface area is 135 Å². The average Bonchev–Trinajstić information content (AvgIpc) is 2.83. The third-order valence-corrected chi connectivity index (χ3v) is 5.97. The number of aromatic nitrogens is 2. The summed E-state index contributed by atoms with van der Waals surface area (Å²) in [6, 6.07) is 1.69. The fraction of sp³-hybridized carbons (Fsp3) is 0.625. The molecule has 0 aromatic carbocycles. The number of thiazole rings is 1. The topological polar surface area (TPSA) is 40.9 Å². The zero-order valence-corrected chi connectivity index (χ0v) is 14.6. The molecular formula is C16H24N4OS. The molecule has 6 heteroatoms. The molecule has 0 unspecified atom stereocenters. The summed E-state index contributed by atoms with van der Waals surface area (Å²) in [5.74, 6) is 0. The first-order valence-corrected chi connectivity index (χ1v) is 8.64. The van der Waals surface area contributed by atoms with Crippen LogP contribution in [0.4, 0.5) is 0 Å². The van der Waals surface area contributed by atoms with Crippen LogP contribution in [0.5, 0.6) is 0 Å². The highest BCUT2D eigenvalue weighted by Gasteiger charge is 2.31. The molecular weight excluding hydrogens is 296 g/mol. The fourth-order valence-electron chi connectivity index (χ4n) is 3.05. The normalized spacial score (nSPS) is 19.1. The van der Waals surface area contributed by atoms with E-state index in [-0.39, 0.29) is 11.1 Å². The Kier molecular flexibility index (Phi) is 4.09. The van der Waals surface area contributed by atoms with Crippen LogP contribution < -0.4 is 5.56 Å². The van der Waals surface area contributed by atoms with E-state index in [1.54, 1.807) is 10.5 Å². The van der Waals surface area contributed by atoms with Gasteiger partial charge in [0, 0.05) is 42.3 Å². The average molecular weight is 320 g/mol. The van der Waals surface area contributed by atoms with Crippen LogP contribution >= 0.6 is 11.3 Å². The van der Waals surface area contributed by atoms with E-state index in [0.717, 1.165) is 48.8 Å². The van der Waals surface area contributed by atoms with Gasteiger partial charge in [0.25, 0.3) is 5.56 Å². The highest BCUT2D eigenvalue weighted by molar-refractivity contribution is 7.15. The van der Waals surface area contributed by atoms with E-state index in [9.17, 15) is 4.79 Å². The molecule has 2 aromatic heterocycles. The first kappa shape index (κ1) is 15.6. The maximum Gasteiger partial charge on any atom is 0.259 e. The van der Waals surface area contributed by atoms with Crippen molar-refractivity contribution >= 4 is 16.3 Å². The molecule has 0 N–H and O–H groups in total. The van der Waals surface area contributed by atoms with Crippen molar-refractivity contribution in [1.82, 2.24) is 19.2 Å². The summed E-state index contributed by atoms with van der Waals surface area (Å²) in [6.45, 7) is 7.15. The van der Waals surface area contributed by atoms with Gasteiger partial charge in [-0.25, -0.2) is 4.98 Å². The van der Waals surface area contributed by atoms with Crippen LogP contribution in [0.1, 0.15) is 31.2 Å². The number of piperidine rings is 1. The quantitative estimate of drug-likeness (QED) is 0.867. The van der Waals surface area contributed by atoms with Crippen LogP contribution in [-0.4, -0.2) is 51.9 Å². The summed E-state index contributed by atoms with van der Waals surface area (Å²) in [6.07, 6.45) is 2.30. The molecule has 0 radical (unpaired) electrons. The molecule has 0 aliphatic carbocycles. The van der Waals surface area contributed by atoms with E-state index in [1.807, 2.05) is 12.3 Å². The molecule has 2 aromatic rings. The van der Waals surface area contributed by atoms with Gasteiger partial charge in [-0.1, -0.05) is 0 Å². The minimum absolute atomic E-state index is 0.0360. The Hall–Kier alpha value is -1.24. The second kappa shape index (κ2) is 5.76.